The molecule has 1 aliphatic rings. The van der Waals surface area contributed by atoms with Gasteiger partial charge in [-0.2, -0.15) is 0 Å². The summed E-state index contributed by atoms with van der Waals surface area (Å²) in [6.07, 6.45) is 0.917. The normalized spacial score (nSPS) is 17.8. The molecule has 1 heterocycles. The molecule has 0 saturated carbocycles. The molecule has 0 unspecified atom stereocenters. The number of carbonyl (C=O) groups is 5. The Bertz CT molecular complexity index is 1450. The SMILES string of the molecule is C[C@H](NC(=O)[C@H](CCCNC(=N)N)NC(=O)[C@H](Cc1ccc2ccccc2c1)NC(=O)[C@@H]1CCCCN1C(=O)[C@H](N)[C@H](C)O)C(=O)O. The minimum absolute atomic E-state index is 0.0437. The van der Waals surface area contributed by atoms with Crippen LogP contribution in [0.1, 0.15) is 51.5 Å². The zero-order chi connectivity index (χ0) is 34.7. The van der Waals surface area contributed by atoms with Gasteiger partial charge in [0.15, 0.2) is 5.96 Å². The first kappa shape index (κ1) is 36.7. The molecule has 2 aromatic rings. The van der Waals surface area contributed by atoms with Crippen molar-refractivity contribution in [1.29, 1.82) is 5.41 Å². The molecule has 2 aromatic carbocycles. The number of nitrogens with two attached hydrogens (primary N) is 2. The fourth-order valence-corrected chi connectivity index (χ4v) is 5.39. The van der Waals surface area contributed by atoms with E-state index in [4.69, 9.17) is 16.9 Å². The molecule has 0 bridgehead atoms. The van der Waals surface area contributed by atoms with Gasteiger partial charge < -0.3 is 47.8 Å². The second kappa shape index (κ2) is 17.2. The smallest absolute Gasteiger partial charge is 0.325 e. The number of carboxylic acids is 1. The Morgan fingerprint density at radius 1 is 0.979 bits per heavy atom. The van der Waals surface area contributed by atoms with Gasteiger partial charge in [0, 0.05) is 19.5 Å². The topological polar surface area (TPSA) is 253 Å². The summed E-state index contributed by atoms with van der Waals surface area (Å²) in [5.74, 6) is -4.10. The Morgan fingerprint density at radius 2 is 1.66 bits per heavy atom. The standard InChI is InChI=1S/C32H46N8O7/c1-18(31(46)47)37-27(42)23(10-7-14-36-32(34)35)38-28(43)24(17-20-12-13-21-8-3-4-9-22(21)16-20)39-29(44)25-11-5-6-15-40(25)30(45)26(33)19(2)41/h3-4,8-9,12-13,16,18-19,23-26,41H,5-7,10-11,14-15,17,33H2,1-2H3,(H,37,42)(H,38,43)(H,39,44)(H,46,47)(H4,34,35,36)/t18-,19-,23-,24-,25-,26+/m0/s1. The van der Waals surface area contributed by atoms with Crippen LogP contribution in [0.15, 0.2) is 42.5 Å². The van der Waals surface area contributed by atoms with E-state index in [1.54, 1.807) is 0 Å². The molecule has 11 N–H and O–H groups in total. The summed E-state index contributed by atoms with van der Waals surface area (Å²) >= 11 is 0. The summed E-state index contributed by atoms with van der Waals surface area (Å²) in [4.78, 5) is 66.6. The van der Waals surface area contributed by atoms with E-state index in [9.17, 15) is 34.2 Å². The molecule has 1 aliphatic heterocycles. The van der Waals surface area contributed by atoms with Gasteiger partial charge in [-0.3, -0.25) is 29.4 Å². The van der Waals surface area contributed by atoms with Crippen LogP contribution in [-0.2, 0) is 30.4 Å². The number of guanidine groups is 1. The molecule has 256 valence electrons. The highest BCUT2D eigenvalue weighted by Gasteiger charge is 2.37. The van der Waals surface area contributed by atoms with Gasteiger partial charge in [0.2, 0.25) is 23.6 Å². The molecule has 15 nitrogen and oxygen atoms in total. The van der Waals surface area contributed by atoms with Crippen LogP contribution < -0.4 is 32.7 Å². The fourth-order valence-electron chi connectivity index (χ4n) is 5.39. The number of aliphatic hydroxyl groups excluding tert-OH is 1. The Labute approximate surface area is 273 Å². The van der Waals surface area contributed by atoms with E-state index in [1.165, 1.54) is 18.7 Å². The van der Waals surface area contributed by atoms with Crippen LogP contribution in [0.25, 0.3) is 10.8 Å². The van der Waals surface area contributed by atoms with Crippen molar-refractivity contribution in [1.82, 2.24) is 26.2 Å². The Kier molecular flexibility index (Phi) is 13.5. The molecule has 1 saturated heterocycles. The number of benzene rings is 2. The average molecular weight is 655 g/mol. The van der Waals surface area contributed by atoms with E-state index >= 15 is 0 Å². The molecule has 0 spiro atoms. The summed E-state index contributed by atoms with van der Waals surface area (Å²) in [7, 11) is 0. The number of hydrogen-bond donors (Lipinski definition) is 9. The molecule has 1 fully saturated rings. The summed E-state index contributed by atoms with van der Waals surface area (Å²) in [6, 6.07) is 7.54. The predicted octanol–water partition coefficient (Wildman–Crippen LogP) is -0.706. The highest BCUT2D eigenvalue weighted by molar-refractivity contribution is 5.96. The summed E-state index contributed by atoms with van der Waals surface area (Å²) in [5.41, 5.74) is 12.0. The summed E-state index contributed by atoms with van der Waals surface area (Å²) < 4.78 is 0. The van der Waals surface area contributed by atoms with E-state index in [0.29, 0.717) is 25.7 Å². The molecule has 0 radical (unpaired) electrons. The van der Waals surface area contributed by atoms with Gasteiger partial charge in [0.05, 0.1) is 6.10 Å². The maximum Gasteiger partial charge on any atom is 0.325 e. The van der Waals surface area contributed by atoms with Gasteiger partial charge in [-0.05, 0) is 62.3 Å². The van der Waals surface area contributed by atoms with Crippen molar-refractivity contribution >= 4 is 46.3 Å². The van der Waals surface area contributed by atoms with Crippen LogP contribution in [0.3, 0.4) is 0 Å². The number of likely N-dealkylation sites (tertiary alicyclic amines) is 1. The van der Waals surface area contributed by atoms with Gasteiger partial charge in [-0.1, -0.05) is 42.5 Å². The zero-order valence-electron chi connectivity index (χ0n) is 26.7. The van der Waals surface area contributed by atoms with Gasteiger partial charge in [0.25, 0.3) is 0 Å². The number of aliphatic carboxylic acids is 1. The largest absolute Gasteiger partial charge is 0.480 e. The van der Waals surface area contributed by atoms with Gasteiger partial charge in [-0.25, -0.2) is 0 Å². The third kappa shape index (κ3) is 10.6. The molecule has 0 aromatic heterocycles. The van der Waals surface area contributed by atoms with Crippen LogP contribution in [0.2, 0.25) is 0 Å². The third-order valence-electron chi connectivity index (χ3n) is 8.13. The lowest BCUT2D eigenvalue weighted by atomic mass is 9.97. The van der Waals surface area contributed by atoms with Crippen molar-refractivity contribution in [3.8, 4) is 0 Å². The fraction of sp³-hybridized carbons (Fsp3) is 0.500. The third-order valence-corrected chi connectivity index (χ3v) is 8.13. The number of rotatable bonds is 15. The zero-order valence-corrected chi connectivity index (χ0v) is 26.7. The van der Waals surface area contributed by atoms with Crippen molar-refractivity contribution < 1.29 is 34.2 Å². The maximum absolute atomic E-state index is 13.9. The minimum atomic E-state index is -1.26. The van der Waals surface area contributed by atoms with Crippen LogP contribution in [0, 0.1) is 5.41 Å². The van der Waals surface area contributed by atoms with E-state index in [-0.39, 0.29) is 31.9 Å². The molecule has 47 heavy (non-hydrogen) atoms. The van der Waals surface area contributed by atoms with E-state index < -0.39 is 65.9 Å². The highest BCUT2D eigenvalue weighted by atomic mass is 16.4. The first-order valence-electron chi connectivity index (χ1n) is 15.7. The number of carboxylic acid groups (broad SMARTS) is 1. The van der Waals surface area contributed by atoms with Crippen LogP contribution in [-0.4, -0.2) is 100 Å². The van der Waals surface area contributed by atoms with E-state index in [0.717, 1.165) is 16.3 Å². The van der Waals surface area contributed by atoms with Gasteiger partial charge >= 0.3 is 5.97 Å². The Morgan fingerprint density at radius 3 is 2.32 bits per heavy atom. The van der Waals surface area contributed by atoms with Crippen molar-refractivity contribution in [2.24, 2.45) is 11.5 Å². The molecular formula is C32H46N8O7. The highest BCUT2D eigenvalue weighted by Crippen LogP contribution is 2.20. The lowest BCUT2D eigenvalue weighted by Gasteiger charge is -2.37. The molecule has 6 atom stereocenters. The number of piperidine rings is 1. The monoisotopic (exact) mass is 654 g/mol. The lowest BCUT2D eigenvalue weighted by Crippen LogP contribution is -2.61. The van der Waals surface area contributed by atoms with Crippen LogP contribution in [0.4, 0.5) is 0 Å². The lowest BCUT2D eigenvalue weighted by molar-refractivity contribution is -0.145. The number of nitrogens with zero attached hydrogens (tertiary/aromatic N) is 1. The van der Waals surface area contributed by atoms with Crippen molar-refractivity contribution in [3.63, 3.8) is 0 Å². The molecule has 0 aliphatic carbocycles. The molecule has 4 amide bonds. The average Bonchev–Trinajstić information content (AvgIpc) is 3.04. The quantitative estimate of drug-likeness (QED) is 0.0663. The number of carbonyl (C=O) groups excluding carboxylic acids is 4. The van der Waals surface area contributed by atoms with E-state index in [2.05, 4.69) is 21.3 Å². The van der Waals surface area contributed by atoms with Crippen LogP contribution >= 0.6 is 0 Å². The number of nitrogens with one attached hydrogen (secondary N) is 5. The first-order valence-corrected chi connectivity index (χ1v) is 15.7. The second-order valence-electron chi connectivity index (χ2n) is 11.9. The van der Waals surface area contributed by atoms with Gasteiger partial charge in [0.1, 0.15) is 30.2 Å². The minimum Gasteiger partial charge on any atom is -0.480 e. The number of hydrogen-bond acceptors (Lipinski definition) is 8. The maximum atomic E-state index is 13.9. The number of fused-ring (bicyclic) bond motifs is 1. The van der Waals surface area contributed by atoms with E-state index in [1.807, 2.05) is 42.5 Å². The second-order valence-corrected chi connectivity index (χ2v) is 11.9. The molecule has 15 heteroatoms. The summed E-state index contributed by atoms with van der Waals surface area (Å²) in [6.45, 7) is 3.17. The number of amides is 4. The Hall–Kier alpha value is -4.76. The van der Waals surface area contributed by atoms with Gasteiger partial charge in [-0.15, -0.1) is 0 Å². The van der Waals surface area contributed by atoms with Crippen molar-refractivity contribution in [2.75, 3.05) is 13.1 Å². The number of aliphatic hydroxyl groups is 1. The first-order chi connectivity index (χ1) is 22.3. The molecular weight excluding hydrogens is 608 g/mol. The van der Waals surface area contributed by atoms with Crippen molar-refractivity contribution in [3.05, 3.63) is 48.0 Å². The predicted molar refractivity (Wildman–Crippen MR) is 175 cm³/mol. The molecule has 3 rings (SSSR count). The van der Waals surface area contributed by atoms with Crippen LogP contribution in [0.5, 0.6) is 0 Å². The van der Waals surface area contributed by atoms with Crippen molar-refractivity contribution in [2.45, 2.75) is 88.7 Å². The summed E-state index contributed by atoms with van der Waals surface area (Å²) in [5, 5.41) is 38.9. The Balaban J connectivity index is 1.89.